The highest BCUT2D eigenvalue weighted by Crippen LogP contribution is 2.45. The molecule has 0 spiro atoms. The van der Waals surface area contributed by atoms with Crippen LogP contribution in [0.4, 0.5) is 0 Å². The molecule has 2 heterocycles. The van der Waals surface area contributed by atoms with Crippen LogP contribution < -0.4 is 0 Å². The van der Waals surface area contributed by atoms with E-state index in [9.17, 15) is 0 Å². The van der Waals surface area contributed by atoms with Crippen LogP contribution >= 0.6 is 0 Å². The van der Waals surface area contributed by atoms with E-state index in [1.165, 1.54) is 54.6 Å². The molecule has 0 N–H and O–H groups in total. The monoisotopic (exact) mass is 749 g/mol. The minimum Gasteiger partial charge on any atom is -0.456 e. The number of aromatic nitrogens is 1. The molecule has 12 rings (SSSR count). The molecule has 2 heteroatoms. The molecule has 274 valence electrons. The SMILES string of the molecule is c1ccc(-c2cc(-c3ccc4c(c3)oc3ccccc34)nc3c(-c4ccc(-c5c6ccccc6c(-c6ccc7ccccc7c6)c6ccccc56)cc4)cccc23)cc1. The fourth-order valence-corrected chi connectivity index (χ4v) is 9.28. The summed E-state index contributed by atoms with van der Waals surface area (Å²) < 4.78 is 6.33. The quantitative estimate of drug-likeness (QED) is 0.164. The zero-order chi connectivity index (χ0) is 38.9. The van der Waals surface area contributed by atoms with Gasteiger partial charge in [-0.05, 0) is 102 Å². The van der Waals surface area contributed by atoms with Crippen molar-refractivity contribution >= 4 is 65.2 Å². The Morgan fingerprint density at radius 2 is 0.831 bits per heavy atom. The van der Waals surface area contributed by atoms with E-state index in [2.05, 4.69) is 200 Å². The highest BCUT2D eigenvalue weighted by atomic mass is 16.3. The lowest BCUT2D eigenvalue weighted by molar-refractivity contribution is 0.669. The molecule has 0 aliphatic rings. The van der Waals surface area contributed by atoms with Gasteiger partial charge in [-0.1, -0.05) is 182 Å². The average molecular weight is 750 g/mol. The van der Waals surface area contributed by atoms with Gasteiger partial charge < -0.3 is 4.42 Å². The van der Waals surface area contributed by atoms with Crippen molar-refractivity contribution in [3.63, 3.8) is 0 Å². The number of nitrogens with zero attached hydrogens (tertiary/aromatic N) is 1. The molecule has 0 unspecified atom stereocenters. The van der Waals surface area contributed by atoms with Crippen molar-refractivity contribution < 1.29 is 4.42 Å². The van der Waals surface area contributed by atoms with E-state index in [0.29, 0.717) is 0 Å². The van der Waals surface area contributed by atoms with E-state index in [0.717, 1.165) is 66.4 Å². The van der Waals surface area contributed by atoms with Gasteiger partial charge in [0.2, 0.25) is 0 Å². The summed E-state index contributed by atoms with van der Waals surface area (Å²) in [5.74, 6) is 0. The van der Waals surface area contributed by atoms with E-state index >= 15 is 0 Å². The molecule has 10 aromatic carbocycles. The second-order valence-electron chi connectivity index (χ2n) is 15.4. The van der Waals surface area contributed by atoms with E-state index in [1.54, 1.807) is 0 Å². The summed E-state index contributed by atoms with van der Waals surface area (Å²) in [6.45, 7) is 0. The fraction of sp³-hybridized carbons (Fsp3) is 0. The van der Waals surface area contributed by atoms with E-state index in [4.69, 9.17) is 9.40 Å². The molecule has 0 amide bonds. The van der Waals surface area contributed by atoms with Crippen LogP contribution in [0.1, 0.15) is 0 Å². The Bertz CT molecular complexity index is 3540. The number of benzene rings is 10. The predicted octanol–water partition coefficient (Wildman–Crippen LogP) is 15.9. The largest absolute Gasteiger partial charge is 0.456 e. The zero-order valence-electron chi connectivity index (χ0n) is 32.1. The zero-order valence-corrected chi connectivity index (χ0v) is 32.1. The van der Waals surface area contributed by atoms with Crippen molar-refractivity contribution in [2.24, 2.45) is 0 Å². The van der Waals surface area contributed by atoms with Gasteiger partial charge in [0.25, 0.3) is 0 Å². The molecule has 0 saturated carbocycles. The molecule has 0 fully saturated rings. The van der Waals surface area contributed by atoms with Gasteiger partial charge in [-0.2, -0.15) is 0 Å². The molecule has 2 aromatic heterocycles. The van der Waals surface area contributed by atoms with Crippen LogP contribution in [-0.4, -0.2) is 4.98 Å². The summed E-state index contributed by atoms with van der Waals surface area (Å²) in [6, 6.07) is 76.4. The number of furan rings is 1. The van der Waals surface area contributed by atoms with Gasteiger partial charge in [0.05, 0.1) is 11.2 Å². The molecule has 0 atom stereocenters. The highest BCUT2D eigenvalue weighted by molar-refractivity contribution is 6.22. The lowest BCUT2D eigenvalue weighted by Gasteiger charge is -2.18. The first-order valence-corrected chi connectivity index (χ1v) is 20.2. The molecule has 12 aromatic rings. The normalized spacial score (nSPS) is 11.7. The number of hydrogen-bond acceptors (Lipinski definition) is 2. The Labute approximate surface area is 341 Å². The fourth-order valence-electron chi connectivity index (χ4n) is 9.28. The minimum atomic E-state index is 0.862. The third-order valence-corrected chi connectivity index (χ3v) is 12.1. The van der Waals surface area contributed by atoms with Crippen LogP contribution in [0.5, 0.6) is 0 Å². The smallest absolute Gasteiger partial charge is 0.136 e. The number of hydrogen-bond donors (Lipinski definition) is 0. The highest BCUT2D eigenvalue weighted by Gasteiger charge is 2.19. The van der Waals surface area contributed by atoms with Gasteiger partial charge in [0.15, 0.2) is 0 Å². The molecule has 0 aliphatic carbocycles. The van der Waals surface area contributed by atoms with Crippen LogP contribution in [0.2, 0.25) is 0 Å². The maximum absolute atomic E-state index is 6.33. The maximum Gasteiger partial charge on any atom is 0.136 e. The van der Waals surface area contributed by atoms with E-state index in [1.807, 2.05) is 12.1 Å². The van der Waals surface area contributed by atoms with Crippen LogP contribution in [0.15, 0.2) is 217 Å². The number of rotatable bonds is 5. The summed E-state index contributed by atoms with van der Waals surface area (Å²) in [4.78, 5) is 5.45. The molecule has 0 bridgehead atoms. The Balaban J connectivity index is 1.02. The van der Waals surface area contributed by atoms with E-state index < -0.39 is 0 Å². The summed E-state index contributed by atoms with van der Waals surface area (Å²) in [5.41, 5.74) is 14.1. The Hall–Kier alpha value is -7.81. The van der Waals surface area contributed by atoms with Gasteiger partial charge in [0, 0.05) is 27.3 Å². The molecule has 0 aliphatic heterocycles. The molecule has 2 nitrogen and oxygen atoms in total. The first-order valence-electron chi connectivity index (χ1n) is 20.2. The number of pyridine rings is 1. The third-order valence-electron chi connectivity index (χ3n) is 12.1. The van der Waals surface area contributed by atoms with Crippen molar-refractivity contribution in [2.45, 2.75) is 0 Å². The van der Waals surface area contributed by atoms with Crippen molar-refractivity contribution in [1.82, 2.24) is 4.98 Å². The van der Waals surface area contributed by atoms with Crippen LogP contribution in [0.25, 0.3) is 121 Å². The topological polar surface area (TPSA) is 26.0 Å². The summed E-state index contributed by atoms with van der Waals surface area (Å²) in [5, 5.41) is 10.8. The molecule has 59 heavy (non-hydrogen) atoms. The minimum absolute atomic E-state index is 0.862. The van der Waals surface area contributed by atoms with Crippen LogP contribution in [0.3, 0.4) is 0 Å². The van der Waals surface area contributed by atoms with E-state index in [-0.39, 0.29) is 0 Å². The second kappa shape index (κ2) is 13.4. The summed E-state index contributed by atoms with van der Waals surface area (Å²) in [6.07, 6.45) is 0. The Kier molecular flexibility index (Phi) is 7.57. The first kappa shape index (κ1) is 33.3. The van der Waals surface area contributed by atoms with Crippen molar-refractivity contribution in [2.75, 3.05) is 0 Å². The van der Waals surface area contributed by atoms with Gasteiger partial charge in [-0.15, -0.1) is 0 Å². The van der Waals surface area contributed by atoms with Crippen molar-refractivity contribution in [3.05, 3.63) is 212 Å². The van der Waals surface area contributed by atoms with Crippen molar-refractivity contribution in [1.29, 1.82) is 0 Å². The van der Waals surface area contributed by atoms with Crippen molar-refractivity contribution in [3.8, 4) is 55.8 Å². The van der Waals surface area contributed by atoms with Gasteiger partial charge in [-0.25, -0.2) is 4.98 Å². The lowest BCUT2D eigenvalue weighted by Crippen LogP contribution is -1.93. The third kappa shape index (κ3) is 5.45. The van der Waals surface area contributed by atoms with Gasteiger partial charge in [-0.3, -0.25) is 0 Å². The van der Waals surface area contributed by atoms with Gasteiger partial charge >= 0.3 is 0 Å². The average Bonchev–Trinajstić information content (AvgIpc) is 3.68. The van der Waals surface area contributed by atoms with Gasteiger partial charge in [0.1, 0.15) is 11.2 Å². The standard InChI is InChI=1S/C57H35NO/c1-2-14-37(15-3-1)51-35-52(41-31-32-45-44-17-10-11-24-53(44)59-54(45)34-41)58-57-43(22-12-23-50(51)57)38-26-28-39(29-27-38)55-46-18-6-8-20-48(46)56(49-21-9-7-19-47(49)55)42-30-25-36-13-4-5-16-40(36)33-42/h1-35H. The molecule has 0 radical (unpaired) electrons. The summed E-state index contributed by atoms with van der Waals surface area (Å²) >= 11 is 0. The molecular weight excluding hydrogens is 715 g/mol. The summed E-state index contributed by atoms with van der Waals surface area (Å²) in [7, 11) is 0. The van der Waals surface area contributed by atoms with Crippen LogP contribution in [0, 0.1) is 0 Å². The maximum atomic E-state index is 6.33. The molecule has 0 saturated heterocycles. The number of para-hydroxylation sites is 2. The number of fused-ring (bicyclic) bond motifs is 7. The second-order valence-corrected chi connectivity index (χ2v) is 15.4. The van der Waals surface area contributed by atoms with Crippen LogP contribution in [-0.2, 0) is 0 Å². The first-order chi connectivity index (χ1) is 29.2. The lowest BCUT2D eigenvalue weighted by atomic mass is 9.85. The molecular formula is C57H35NO. The Morgan fingerprint density at radius 3 is 1.58 bits per heavy atom. The predicted molar refractivity (Wildman–Crippen MR) is 249 cm³/mol. The Morgan fingerprint density at radius 1 is 0.288 bits per heavy atom.